The summed E-state index contributed by atoms with van der Waals surface area (Å²) in [6.07, 6.45) is -5.85. The number of amidine groups is 1. The van der Waals surface area contributed by atoms with E-state index in [9.17, 15) is 13.2 Å². The maximum Gasteiger partial charge on any atom is 0.425 e. The van der Waals surface area contributed by atoms with Crippen molar-refractivity contribution in [1.29, 1.82) is 0 Å². The molecule has 3 nitrogen and oxygen atoms in total. The molecule has 0 aromatic heterocycles. The zero-order valence-corrected chi connectivity index (χ0v) is 11.9. The van der Waals surface area contributed by atoms with Crippen LogP contribution in [0.3, 0.4) is 0 Å². The summed E-state index contributed by atoms with van der Waals surface area (Å²) >= 11 is 4.82. The van der Waals surface area contributed by atoms with Crippen LogP contribution in [0.4, 0.5) is 13.2 Å². The molecule has 8 heteroatoms. The summed E-state index contributed by atoms with van der Waals surface area (Å²) in [6, 6.07) is -0.380. The summed E-state index contributed by atoms with van der Waals surface area (Å²) in [5, 5.41) is 1.83. The summed E-state index contributed by atoms with van der Waals surface area (Å²) in [6.45, 7) is 1.69. The van der Waals surface area contributed by atoms with Crippen LogP contribution < -0.4 is 5.73 Å². The molecular formula is C10H12BrF3N2OS. The molecule has 0 aromatic rings. The number of halogens is 4. The van der Waals surface area contributed by atoms with E-state index in [0.29, 0.717) is 6.42 Å². The van der Waals surface area contributed by atoms with Crippen molar-refractivity contribution < 1.29 is 17.9 Å². The molecule has 0 aliphatic carbocycles. The molecule has 2 N–H and O–H groups in total. The molecule has 0 spiro atoms. The number of aliphatic imine (C=N–C) groups is 1. The molecule has 102 valence electrons. The van der Waals surface area contributed by atoms with Crippen LogP contribution in [-0.4, -0.2) is 29.1 Å². The first-order chi connectivity index (χ1) is 8.21. The van der Waals surface area contributed by atoms with Crippen molar-refractivity contribution in [3.8, 4) is 0 Å². The van der Waals surface area contributed by atoms with E-state index in [0.717, 1.165) is 4.48 Å². The number of rotatable bonds is 1. The van der Waals surface area contributed by atoms with E-state index in [-0.39, 0.29) is 17.7 Å². The molecule has 2 aliphatic heterocycles. The highest BCUT2D eigenvalue weighted by Crippen LogP contribution is 2.45. The summed E-state index contributed by atoms with van der Waals surface area (Å²) in [7, 11) is 0. The predicted octanol–water partition coefficient (Wildman–Crippen LogP) is 3.15. The molecule has 3 atom stereocenters. The van der Waals surface area contributed by atoms with E-state index < -0.39 is 17.8 Å². The first-order valence-electron chi connectivity index (χ1n) is 5.29. The molecule has 0 aromatic carbocycles. The molecule has 2 heterocycles. The number of nitrogens with zero attached hydrogens (tertiary/aromatic N) is 1. The third-order valence-corrected chi connectivity index (χ3v) is 5.31. The van der Waals surface area contributed by atoms with Crippen molar-refractivity contribution in [2.75, 3.05) is 0 Å². The van der Waals surface area contributed by atoms with Gasteiger partial charge in [-0.2, -0.15) is 13.2 Å². The zero-order valence-electron chi connectivity index (χ0n) is 9.50. The fourth-order valence-electron chi connectivity index (χ4n) is 2.07. The highest BCUT2D eigenvalue weighted by molar-refractivity contribution is 9.11. The lowest BCUT2D eigenvalue weighted by molar-refractivity contribution is -0.207. The normalized spacial score (nSPS) is 36.9. The molecule has 0 bridgehead atoms. The number of thioether (sulfide) groups is 1. The van der Waals surface area contributed by atoms with Gasteiger partial charge >= 0.3 is 6.18 Å². The van der Waals surface area contributed by atoms with Crippen molar-refractivity contribution in [3.05, 3.63) is 9.89 Å². The van der Waals surface area contributed by atoms with Gasteiger partial charge in [0.1, 0.15) is 0 Å². The topological polar surface area (TPSA) is 47.6 Å². The monoisotopic (exact) mass is 344 g/mol. The summed E-state index contributed by atoms with van der Waals surface area (Å²) < 4.78 is 43.8. The maximum atomic E-state index is 12.8. The second-order valence-corrected chi connectivity index (χ2v) is 6.65. The van der Waals surface area contributed by atoms with Crippen LogP contribution in [0.1, 0.15) is 19.8 Å². The van der Waals surface area contributed by atoms with E-state index >= 15 is 0 Å². The lowest BCUT2D eigenvalue weighted by atomic mass is 9.88. The second kappa shape index (κ2) is 4.63. The Hall–Kier alpha value is -0.370. The lowest BCUT2D eigenvalue weighted by Gasteiger charge is -2.38. The van der Waals surface area contributed by atoms with Crippen LogP contribution >= 0.6 is 27.7 Å². The molecule has 0 amide bonds. The third-order valence-electron chi connectivity index (χ3n) is 3.03. The first kappa shape index (κ1) is 14.0. The Kier molecular flexibility index (Phi) is 3.61. The van der Waals surface area contributed by atoms with Crippen molar-refractivity contribution in [2.24, 2.45) is 10.7 Å². The number of ether oxygens (including phenoxy) is 1. The molecule has 2 aliphatic rings. The maximum absolute atomic E-state index is 12.8. The minimum absolute atomic E-state index is 0.0563. The van der Waals surface area contributed by atoms with Gasteiger partial charge in [-0.05, 0) is 18.8 Å². The van der Waals surface area contributed by atoms with Gasteiger partial charge in [-0.25, -0.2) is 4.99 Å². The molecule has 1 unspecified atom stereocenters. The Morgan fingerprint density at radius 3 is 2.78 bits per heavy atom. The smallest absolute Gasteiger partial charge is 0.425 e. The van der Waals surface area contributed by atoms with Crippen LogP contribution in [-0.2, 0) is 4.74 Å². The van der Waals surface area contributed by atoms with Crippen LogP contribution in [0.25, 0.3) is 0 Å². The Balaban J connectivity index is 2.20. The molecular weight excluding hydrogens is 333 g/mol. The van der Waals surface area contributed by atoms with Gasteiger partial charge in [0.25, 0.3) is 6.02 Å². The van der Waals surface area contributed by atoms with E-state index in [1.165, 1.54) is 11.8 Å². The summed E-state index contributed by atoms with van der Waals surface area (Å²) in [5.74, 6) is 0. The predicted molar refractivity (Wildman–Crippen MR) is 68.6 cm³/mol. The molecule has 0 saturated carbocycles. The van der Waals surface area contributed by atoms with Gasteiger partial charge in [0, 0.05) is 16.2 Å². The minimum atomic E-state index is -4.42. The van der Waals surface area contributed by atoms with E-state index in [2.05, 4.69) is 25.7 Å². The van der Waals surface area contributed by atoms with Gasteiger partial charge < -0.3 is 10.5 Å². The minimum Gasteiger partial charge on any atom is -0.452 e. The average molecular weight is 345 g/mol. The largest absolute Gasteiger partial charge is 0.452 e. The SMILES string of the molecule is C[C@@]1(C2CC(Br)=CS2)C[C@H](C(F)(F)F)OC(N)=N1. The van der Waals surface area contributed by atoms with Gasteiger partial charge in [0.2, 0.25) is 0 Å². The van der Waals surface area contributed by atoms with Crippen LogP contribution in [0.15, 0.2) is 14.9 Å². The van der Waals surface area contributed by atoms with Gasteiger partial charge in [-0.1, -0.05) is 15.9 Å². The lowest BCUT2D eigenvalue weighted by Crippen LogP contribution is -2.50. The van der Waals surface area contributed by atoms with Gasteiger partial charge in [-0.15, -0.1) is 11.8 Å². The Bertz CT molecular complexity index is 412. The van der Waals surface area contributed by atoms with Crippen LogP contribution in [0, 0.1) is 0 Å². The quantitative estimate of drug-likeness (QED) is 0.794. The van der Waals surface area contributed by atoms with Gasteiger partial charge in [0.05, 0.1) is 5.54 Å². The first-order valence-corrected chi connectivity index (χ1v) is 7.03. The second-order valence-electron chi connectivity index (χ2n) is 4.55. The number of alkyl halides is 3. The fraction of sp³-hybridized carbons (Fsp3) is 0.700. The third kappa shape index (κ3) is 2.79. The molecule has 0 fully saturated rings. The van der Waals surface area contributed by atoms with Crippen molar-refractivity contribution in [3.63, 3.8) is 0 Å². The van der Waals surface area contributed by atoms with Crippen molar-refractivity contribution in [1.82, 2.24) is 0 Å². The van der Waals surface area contributed by atoms with Crippen molar-refractivity contribution >= 4 is 33.7 Å². The van der Waals surface area contributed by atoms with E-state index in [1.54, 1.807) is 6.92 Å². The van der Waals surface area contributed by atoms with E-state index in [4.69, 9.17) is 5.73 Å². The van der Waals surface area contributed by atoms with E-state index in [1.807, 2.05) is 5.41 Å². The number of allylic oxidation sites excluding steroid dienone is 1. The fourth-order valence-corrected chi connectivity index (χ4v) is 4.06. The highest BCUT2D eigenvalue weighted by Gasteiger charge is 2.51. The van der Waals surface area contributed by atoms with Gasteiger partial charge in [0.15, 0.2) is 6.10 Å². The standard InChI is InChI=1S/C10H12BrF3N2OS/c1-9(7-2-5(11)4-18-7)3-6(10(12,13)14)17-8(15)16-9/h4,6-7H,2-3H2,1H3,(H2,15,16)/t6-,7?,9+/m1/s1. The summed E-state index contributed by atoms with van der Waals surface area (Å²) in [4.78, 5) is 4.09. The molecule has 2 rings (SSSR count). The molecule has 0 radical (unpaired) electrons. The average Bonchev–Trinajstić information content (AvgIpc) is 2.63. The van der Waals surface area contributed by atoms with Gasteiger partial charge in [-0.3, -0.25) is 0 Å². The highest BCUT2D eigenvalue weighted by atomic mass is 79.9. The number of hydrogen-bond acceptors (Lipinski definition) is 4. The summed E-state index contributed by atoms with van der Waals surface area (Å²) in [5.41, 5.74) is 4.53. The number of hydrogen-bond donors (Lipinski definition) is 1. The Labute approximate surface area is 115 Å². The Morgan fingerprint density at radius 2 is 2.28 bits per heavy atom. The molecule has 0 saturated heterocycles. The van der Waals surface area contributed by atoms with Crippen LogP contribution in [0.5, 0.6) is 0 Å². The van der Waals surface area contributed by atoms with Crippen LogP contribution in [0.2, 0.25) is 0 Å². The Morgan fingerprint density at radius 1 is 1.61 bits per heavy atom. The van der Waals surface area contributed by atoms with Crippen molar-refractivity contribution in [2.45, 2.75) is 42.8 Å². The zero-order chi connectivity index (χ0) is 13.6. The number of nitrogens with two attached hydrogens (primary N) is 1. The molecule has 18 heavy (non-hydrogen) atoms.